The summed E-state index contributed by atoms with van der Waals surface area (Å²) in [7, 11) is 1.53. The summed E-state index contributed by atoms with van der Waals surface area (Å²) in [6.07, 6.45) is 8.66. The molecule has 0 radical (unpaired) electrons. The Morgan fingerprint density at radius 3 is 2.32 bits per heavy atom. The number of carbonyl (C=O) groups excluding carboxylic acids is 2. The summed E-state index contributed by atoms with van der Waals surface area (Å²) in [6.45, 7) is 2.88. The van der Waals surface area contributed by atoms with Gasteiger partial charge in [-0.25, -0.2) is 4.79 Å². The average Bonchev–Trinajstić information content (AvgIpc) is 3.52. The Kier molecular flexibility index (Phi) is 11.8. The Balaban J connectivity index is 1.62. The number of rotatable bonds is 14. The third-order valence-corrected chi connectivity index (χ3v) is 5.86. The van der Waals surface area contributed by atoms with Gasteiger partial charge in [0.25, 0.3) is 5.91 Å². The third kappa shape index (κ3) is 9.45. The molecule has 1 amide bonds. The number of nitrogens with one attached hydrogen (secondary N) is 1. The highest BCUT2D eigenvalue weighted by Crippen LogP contribution is 2.29. The average molecular weight is 554 g/mol. The van der Waals surface area contributed by atoms with Crippen LogP contribution in [0.25, 0.3) is 12.2 Å². The van der Waals surface area contributed by atoms with E-state index in [1.807, 2.05) is 12.1 Å². The molecule has 210 valence electrons. The molecule has 9 nitrogen and oxygen atoms in total. The van der Waals surface area contributed by atoms with Crippen LogP contribution >= 0.6 is 0 Å². The van der Waals surface area contributed by atoms with Crippen molar-refractivity contribution in [2.75, 3.05) is 13.7 Å². The number of ether oxygens (including phenoxy) is 3. The van der Waals surface area contributed by atoms with Crippen molar-refractivity contribution < 1.29 is 28.2 Å². The van der Waals surface area contributed by atoms with Gasteiger partial charge < -0.3 is 23.9 Å². The molecular weight excluding hydrogens is 522 g/mol. The summed E-state index contributed by atoms with van der Waals surface area (Å²) in [4.78, 5) is 25.0. The zero-order chi connectivity index (χ0) is 29.5. The van der Waals surface area contributed by atoms with Crippen LogP contribution in [-0.4, -0.2) is 25.6 Å². The molecule has 1 N–H and O–H groups in total. The van der Waals surface area contributed by atoms with E-state index in [9.17, 15) is 20.1 Å². The Labute approximate surface area is 239 Å². The first-order valence-corrected chi connectivity index (χ1v) is 13.1. The second-order valence-corrected chi connectivity index (χ2v) is 8.88. The molecule has 0 saturated carbocycles. The molecule has 1 heterocycles. The first-order chi connectivity index (χ1) is 20.0. The monoisotopic (exact) mass is 553 g/mol. The van der Waals surface area contributed by atoms with Crippen LogP contribution in [0.1, 0.15) is 49.5 Å². The quantitative estimate of drug-likeness (QED) is 0.0846. The largest absolute Gasteiger partial charge is 0.493 e. The molecular formula is C32H31N3O6. The van der Waals surface area contributed by atoms with Crippen LogP contribution in [0, 0.1) is 22.7 Å². The number of nitrogens with zero attached hydrogens (tertiary/aromatic N) is 2. The van der Waals surface area contributed by atoms with E-state index in [0.717, 1.165) is 25.7 Å². The molecule has 0 aliphatic carbocycles. The van der Waals surface area contributed by atoms with Crippen molar-refractivity contribution in [1.82, 2.24) is 5.32 Å². The Hall–Kier alpha value is -5.28. The number of hydrogen-bond acceptors (Lipinski definition) is 8. The summed E-state index contributed by atoms with van der Waals surface area (Å²) in [5.74, 6) is 0.456. The van der Waals surface area contributed by atoms with Crippen molar-refractivity contribution in [2.24, 2.45) is 0 Å². The van der Waals surface area contributed by atoms with E-state index < -0.39 is 11.9 Å². The van der Waals surface area contributed by atoms with Crippen molar-refractivity contribution in [3.05, 3.63) is 88.9 Å². The highest BCUT2D eigenvalue weighted by Gasteiger charge is 2.14. The minimum atomic E-state index is -0.832. The van der Waals surface area contributed by atoms with Gasteiger partial charge in [-0.2, -0.15) is 10.5 Å². The molecule has 0 spiro atoms. The fourth-order valence-corrected chi connectivity index (χ4v) is 3.69. The summed E-state index contributed by atoms with van der Waals surface area (Å²) in [5, 5.41) is 21.6. The molecule has 0 bridgehead atoms. The van der Waals surface area contributed by atoms with Gasteiger partial charge in [-0.05, 0) is 66.1 Å². The lowest BCUT2D eigenvalue weighted by atomic mass is 10.1. The fourth-order valence-electron chi connectivity index (χ4n) is 3.69. The Morgan fingerprint density at radius 1 is 0.927 bits per heavy atom. The van der Waals surface area contributed by atoms with Gasteiger partial charge in [-0.3, -0.25) is 4.79 Å². The number of esters is 1. The van der Waals surface area contributed by atoms with Gasteiger partial charge in [0.15, 0.2) is 11.5 Å². The minimum Gasteiger partial charge on any atom is -0.493 e. The molecule has 41 heavy (non-hydrogen) atoms. The van der Waals surface area contributed by atoms with Crippen LogP contribution in [0.3, 0.4) is 0 Å². The smallest absolute Gasteiger partial charge is 0.354 e. The fraction of sp³-hybridized carbons (Fsp3) is 0.250. The van der Waals surface area contributed by atoms with E-state index in [4.69, 9.17) is 18.6 Å². The number of methoxy groups -OCH3 is 1. The number of nitriles is 2. The van der Waals surface area contributed by atoms with Crippen LogP contribution < -0.4 is 19.5 Å². The van der Waals surface area contributed by atoms with Crippen molar-refractivity contribution in [3.8, 4) is 29.4 Å². The first kappa shape index (κ1) is 30.3. The highest BCUT2D eigenvalue weighted by atomic mass is 16.5. The van der Waals surface area contributed by atoms with Gasteiger partial charge in [0.1, 0.15) is 34.8 Å². The minimum absolute atomic E-state index is 0.0978. The summed E-state index contributed by atoms with van der Waals surface area (Å²) in [5.41, 5.74) is 0.817. The van der Waals surface area contributed by atoms with E-state index in [1.165, 1.54) is 37.7 Å². The van der Waals surface area contributed by atoms with Crippen molar-refractivity contribution in [3.63, 3.8) is 0 Å². The predicted octanol–water partition coefficient (Wildman–Crippen LogP) is 5.98. The topological polar surface area (TPSA) is 135 Å². The number of benzene rings is 2. The van der Waals surface area contributed by atoms with Crippen LogP contribution in [0.5, 0.6) is 17.2 Å². The van der Waals surface area contributed by atoms with Crippen molar-refractivity contribution in [1.29, 1.82) is 10.5 Å². The molecule has 1 aromatic heterocycles. The number of carbonyl (C=O) groups is 2. The van der Waals surface area contributed by atoms with Crippen LogP contribution in [0.15, 0.2) is 76.4 Å². The second kappa shape index (κ2) is 16.0. The van der Waals surface area contributed by atoms with Crippen LogP contribution in [0.2, 0.25) is 0 Å². The lowest BCUT2D eigenvalue weighted by Crippen LogP contribution is -2.23. The molecule has 0 aliphatic heterocycles. The zero-order valence-corrected chi connectivity index (χ0v) is 23.0. The van der Waals surface area contributed by atoms with E-state index in [0.29, 0.717) is 35.0 Å². The predicted molar refractivity (Wildman–Crippen MR) is 152 cm³/mol. The SMILES string of the molecule is CCCCCCOc1ccc(/C=C(\C#N)C(=O)Oc2ccc(/C=C(\C#N)C(=O)NCc3ccco3)cc2)cc1OC. The number of amides is 1. The normalized spacial score (nSPS) is 11.2. The molecule has 2 aromatic carbocycles. The summed E-state index contributed by atoms with van der Waals surface area (Å²) < 4.78 is 21.8. The molecule has 0 saturated heterocycles. The number of unbranched alkanes of at least 4 members (excludes halogenated alkanes) is 3. The van der Waals surface area contributed by atoms with Gasteiger partial charge in [0.05, 0.1) is 26.5 Å². The molecule has 9 heteroatoms. The molecule has 0 aliphatic rings. The van der Waals surface area contributed by atoms with Gasteiger partial charge >= 0.3 is 5.97 Å². The van der Waals surface area contributed by atoms with Crippen LogP contribution in [0.4, 0.5) is 0 Å². The van der Waals surface area contributed by atoms with Gasteiger partial charge in [-0.1, -0.05) is 44.4 Å². The Bertz CT molecular complexity index is 1460. The molecule has 3 rings (SSSR count). The standard InChI is InChI=1S/C32H31N3O6/c1-3-4-5-6-15-40-29-14-11-24(19-30(29)38-2)18-26(21-34)32(37)41-27-12-9-23(10-13-27)17-25(20-33)31(36)35-22-28-8-7-16-39-28/h7-14,16-19H,3-6,15,22H2,1-2H3,(H,35,36)/b25-17+,26-18+. The highest BCUT2D eigenvalue weighted by molar-refractivity contribution is 6.01. The van der Waals surface area contributed by atoms with Gasteiger partial charge in [0, 0.05) is 0 Å². The third-order valence-electron chi connectivity index (χ3n) is 5.86. The van der Waals surface area contributed by atoms with Crippen molar-refractivity contribution in [2.45, 2.75) is 39.2 Å². The Morgan fingerprint density at radius 2 is 1.66 bits per heavy atom. The molecule has 0 fully saturated rings. The first-order valence-electron chi connectivity index (χ1n) is 13.1. The zero-order valence-electron chi connectivity index (χ0n) is 23.0. The maximum absolute atomic E-state index is 12.7. The van der Waals surface area contributed by atoms with Crippen LogP contribution in [-0.2, 0) is 16.1 Å². The lowest BCUT2D eigenvalue weighted by molar-refractivity contribution is -0.129. The van der Waals surface area contributed by atoms with E-state index >= 15 is 0 Å². The molecule has 0 atom stereocenters. The lowest BCUT2D eigenvalue weighted by Gasteiger charge is -2.11. The molecule has 3 aromatic rings. The van der Waals surface area contributed by atoms with Gasteiger partial charge in [0.2, 0.25) is 0 Å². The second-order valence-electron chi connectivity index (χ2n) is 8.88. The van der Waals surface area contributed by atoms with Crippen molar-refractivity contribution >= 4 is 24.0 Å². The van der Waals surface area contributed by atoms with E-state index in [-0.39, 0.29) is 23.4 Å². The van der Waals surface area contributed by atoms with E-state index in [2.05, 4.69) is 12.2 Å². The van der Waals surface area contributed by atoms with Gasteiger partial charge in [-0.15, -0.1) is 0 Å². The summed E-state index contributed by atoms with van der Waals surface area (Å²) in [6, 6.07) is 18.5. The maximum atomic E-state index is 12.7. The molecule has 0 unspecified atom stereocenters. The maximum Gasteiger partial charge on any atom is 0.354 e. The number of furan rings is 1. The number of hydrogen-bond donors (Lipinski definition) is 1. The van der Waals surface area contributed by atoms with E-state index in [1.54, 1.807) is 42.5 Å². The summed E-state index contributed by atoms with van der Waals surface area (Å²) >= 11 is 0.